The van der Waals surface area contributed by atoms with Crippen molar-refractivity contribution in [2.75, 3.05) is 17.8 Å². The fraction of sp³-hybridized carbons (Fsp3) is 0.238. The Bertz CT molecular complexity index is 1200. The summed E-state index contributed by atoms with van der Waals surface area (Å²) in [5, 5.41) is 5.13. The number of carbonyl (C=O) groups is 1. The normalized spacial score (nSPS) is 14.8. The second kappa shape index (κ2) is 8.23. The van der Waals surface area contributed by atoms with Gasteiger partial charge in [0.05, 0.1) is 23.4 Å². The van der Waals surface area contributed by atoms with Crippen LogP contribution in [0.15, 0.2) is 56.9 Å². The van der Waals surface area contributed by atoms with Gasteiger partial charge in [0, 0.05) is 16.5 Å². The van der Waals surface area contributed by atoms with E-state index in [1.54, 1.807) is 9.58 Å². The van der Waals surface area contributed by atoms with Crippen molar-refractivity contribution in [1.82, 2.24) is 10.1 Å². The molecule has 1 aliphatic rings. The van der Waals surface area contributed by atoms with Crippen molar-refractivity contribution >= 4 is 39.3 Å². The molecule has 2 aromatic carbocycles. The van der Waals surface area contributed by atoms with Gasteiger partial charge in [-0.1, -0.05) is 39.8 Å². The summed E-state index contributed by atoms with van der Waals surface area (Å²) >= 11 is 4.85. The lowest BCUT2D eigenvalue weighted by Crippen LogP contribution is -2.60. The molecule has 3 aromatic rings. The molecule has 4 rings (SSSR count). The summed E-state index contributed by atoms with van der Waals surface area (Å²) in [6.45, 7) is 3.88. The van der Waals surface area contributed by atoms with Crippen molar-refractivity contribution in [3.63, 3.8) is 0 Å². The molecule has 0 aliphatic carbocycles. The number of para-hydroxylation sites is 1. The fourth-order valence-electron chi connectivity index (χ4n) is 3.69. The molecule has 0 radical (unpaired) electrons. The van der Waals surface area contributed by atoms with Gasteiger partial charge < -0.3 is 4.74 Å². The van der Waals surface area contributed by atoms with Crippen LogP contribution in [0, 0.1) is 0 Å². The molecule has 9 heteroatoms. The zero-order chi connectivity index (χ0) is 21.4. The van der Waals surface area contributed by atoms with Gasteiger partial charge in [0.2, 0.25) is 11.1 Å². The second-order valence-corrected chi connectivity index (χ2v) is 8.36. The van der Waals surface area contributed by atoms with E-state index in [4.69, 9.17) is 4.74 Å². The van der Waals surface area contributed by atoms with E-state index in [1.807, 2.05) is 55.6 Å². The summed E-state index contributed by atoms with van der Waals surface area (Å²) in [6, 6.07) is 13.0. The van der Waals surface area contributed by atoms with E-state index in [2.05, 4.69) is 26.0 Å². The lowest BCUT2D eigenvalue weighted by atomic mass is 10.0. The van der Waals surface area contributed by atoms with Crippen molar-refractivity contribution in [1.29, 1.82) is 0 Å². The van der Waals surface area contributed by atoms with Crippen molar-refractivity contribution in [2.24, 2.45) is 0 Å². The van der Waals surface area contributed by atoms with E-state index in [0.717, 1.165) is 10.0 Å². The maximum atomic E-state index is 13.1. The average Bonchev–Trinajstić information content (AvgIpc) is 2.73. The molecule has 0 unspecified atom stereocenters. The quantitative estimate of drug-likeness (QED) is 0.449. The van der Waals surface area contributed by atoms with Gasteiger partial charge in [0.1, 0.15) is 5.75 Å². The standard InChI is InChI=1S/C21H19BrN4O3S/c1-4-29-17-10-9-13(22)11-15(17)20-25(12(2)27)16-8-6-5-7-14(16)18-19(28)23-21(30-3)24-26(18)20/h5-11,20H,4H2,1-3H3/p+1/t20-/m0/s1. The van der Waals surface area contributed by atoms with Crippen LogP contribution in [0.4, 0.5) is 5.69 Å². The average molecular weight is 488 g/mol. The zero-order valence-corrected chi connectivity index (χ0v) is 19.1. The Morgan fingerprint density at radius 2 is 2.10 bits per heavy atom. The maximum absolute atomic E-state index is 13.1. The number of anilines is 1. The van der Waals surface area contributed by atoms with Crippen LogP contribution in [0.2, 0.25) is 0 Å². The third-order valence-corrected chi connectivity index (χ3v) is 5.90. The molecule has 1 N–H and O–H groups in total. The zero-order valence-electron chi connectivity index (χ0n) is 16.7. The minimum Gasteiger partial charge on any atom is -0.493 e. The first-order chi connectivity index (χ1) is 14.5. The molecule has 154 valence electrons. The summed E-state index contributed by atoms with van der Waals surface area (Å²) in [4.78, 5) is 30.4. The Hall–Kier alpha value is -2.65. The summed E-state index contributed by atoms with van der Waals surface area (Å²) in [6.07, 6.45) is 1.16. The third kappa shape index (κ3) is 3.41. The predicted molar refractivity (Wildman–Crippen MR) is 119 cm³/mol. The molecule has 0 bridgehead atoms. The molecule has 0 fully saturated rings. The summed E-state index contributed by atoms with van der Waals surface area (Å²) in [7, 11) is 0. The number of rotatable bonds is 4. The topological polar surface area (TPSA) is 79.2 Å². The molecule has 0 saturated heterocycles. The van der Waals surface area contributed by atoms with Gasteiger partial charge in [-0.3, -0.25) is 14.6 Å². The van der Waals surface area contributed by atoms with E-state index in [1.165, 1.54) is 18.7 Å². The van der Waals surface area contributed by atoms with Crippen molar-refractivity contribution < 1.29 is 14.2 Å². The lowest BCUT2D eigenvalue weighted by Gasteiger charge is -2.32. The number of hydrogen-bond acceptors (Lipinski definition) is 5. The third-order valence-electron chi connectivity index (χ3n) is 4.84. The lowest BCUT2D eigenvalue weighted by molar-refractivity contribution is -0.763. The van der Waals surface area contributed by atoms with Gasteiger partial charge in [0.25, 0.3) is 6.17 Å². The number of ether oxygens (including phenoxy) is 1. The number of amides is 1. The Kier molecular flexibility index (Phi) is 5.66. The van der Waals surface area contributed by atoms with Gasteiger partial charge in [-0.2, -0.15) is 0 Å². The number of hydrogen-bond donors (Lipinski definition) is 1. The van der Waals surface area contributed by atoms with E-state index in [-0.39, 0.29) is 11.5 Å². The van der Waals surface area contributed by atoms with Gasteiger partial charge in [0.15, 0.2) is 0 Å². The monoisotopic (exact) mass is 487 g/mol. The maximum Gasteiger partial charge on any atom is 0.325 e. The van der Waals surface area contributed by atoms with Crippen LogP contribution in [0.1, 0.15) is 25.6 Å². The largest absolute Gasteiger partial charge is 0.493 e. The number of halogens is 1. The highest BCUT2D eigenvalue weighted by Gasteiger charge is 2.46. The van der Waals surface area contributed by atoms with Crippen LogP contribution in [0.5, 0.6) is 5.75 Å². The van der Waals surface area contributed by atoms with Crippen LogP contribution in [0.3, 0.4) is 0 Å². The number of nitrogens with one attached hydrogen (secondary N) is 1. The minimum absolute atomic E-state index is 0.166. The van der Waals surface area contributed by atoms with Crippen LogP contribution >= 0.6 is 27.7 Å². The summed E-state index contributed by atoms with van der Waals surface area (Å²) in [5.41, 5.74) is 2.17. The number of H-pyrrole nitrogens is 1. The highest BCUT2D eigenvalue weighted by Crippen LogP contribution is 2.40. The smallest absolute Gasteiger partial charge is 0.325 e. The Labute approximate surface area is 186 Å². The van der Waals surface area contributed by atoms with E-state index in [9.17, 15) is 9.59 Å². The number of nitrogens with zero attached hydrogens (tertiary/aromatic N) is 3. The van der Waals surface area contributed by atoms with Crippen LogP contribution < -0.4 is 19.9 Å². The van der Waals surface area contributed by atoms with Crippen molar-refractivity contribution in [2.45, 2.75) is 25.2 Å². The van der Waals surface area contributed by atoms with Gasteiger partial charge in [-0.05, 0) is 48.2 Å². The fourth-order valence-corrected chi connectivity index (χ4v) is 4.44. The number of thioether (sulfide) groups is 1. The number of aromatic amines is 1. The van der Waals surface area contributed by atoms with E-state index in [0.29, 0.717) is 34.5 Å². The Balaban J connectivity index is 2.11. The number of aromatic nitrogens is 3. The molecule has 30 heavy (non-hydrogen) atoms. The Morgan fingerprint density at radius 3 is 2.80 bits per heavy atom. The molecule has 0 saturated carbocycles. The van der Waals surface area contributed by atoms with E-state index < -0.39 is 6.17 Å². The molecule has 1 aromatic heterocycles. The predicted octanol–water partition coefficient (Wildman–Crippen LogP) is 3.52. The molecule has 1 aliphatic heterocycles. The van der Waals surface area contributed by atoms with Crippen LogP contribution in [-0.4, -0.2) is 28.9 Å². The molecule has 1 atom stereocenters. The van der Waals surface area contributed by atoms with Crippen LogP contribution in [0.25, 0.3) is 11.3 Å². The summed E-state index contributed by atoms with van der Waals surface area (Å²) < 4.78 is 8.33. The highest BCUT2D eigenvalue weighted by molar-refractivity contribution is 9.10. The van der Waals surface area contributed by atoms with Gasteiger partial charge in [-0.25, -0.2) is 4.90 Å². The first-order valence-corrected chi connectivity index (χ1v) is 11.4. The first kappa shape index (κ1) is 20.6. The molecule has 7 nitrogen and oxygen atoms in total. The molecular formula is C21H20BrN4O3S+. The molecule has 1 amide bonds. The molecular weight excluding hydrogens is 468 g/mol. The van der Waals surface area contributed by atoms with E-state index >= 15 is 0 Å². The minimum atomic E-state index is -0.681. The number of benzene rings is 2. The molecule has 0 spiro atoms. The SMILES string of the molecule is CCOc1ccc(Br)cc1[C@H]1N(C(C)=O)c2ccccc2-c2c(=O)[nH]c(SC)n[n+]21. The number of carbonyl (C=O) groups excluding carboxylic acids is 1. The molecule has 2 heterocycles. The Morgan fingerprint density at radius 1 is 1.33 bits per heavy atom. The first-order valence-electron chi connectivity index (χ1n) is 9.37. The van der Waals surface area contributed by atoms with Crippen molar-refractivity contribution in [3.05, 3.63) is 62.9 Å². The van der Waals surface area contributed by atoms with Gasteiger partial charge >= 0.3 is 11.3 Å². The van der Waals surface area contributed by atoms with Gasteiger partial charge in [-0.15, -0.1) is 0 Å². The van der Waals surface area contributed by atoms with Crippen molar-refractivity contribution in [3.8, 4) is 17.0 Å². The summed E-state index contributed by atoms with van der Waals surface area (Å²) in [5.74, 6) is 0.461. The highest BCUT2D eigenvalue weighted by atomic mass is 79.9. The number of fused-ring (bicyclic) bond motifs is 3. The van der Waals surface area contributed by atoms with Crippen LogP contribution in [-0.2, 0) is 4.79 Å². The second-order valence-electron chi connectivity index (χ2n) is 6.65.